The molecule has 1 aromatic carbocycles. The Hall–Kier alpha value is -2.48. The van der Waals surface area contributed by atoms with Crippen LogP contribution >= 0.6 is 0 Å². The predicted molar refractivity (Wildman–Crippen MR) is 82.3 cm³/mol. The second-order valence-corrected chi connectivity index (χ2v) is 7.42. The van der Waals surface area contributed by atoms with Gasteiger partial charge in [-0.3, -0.25) is 4.79 Å². The van der Waals surface area contributed by atoms with Gasteiger partial charge in [0.05, 0.1) is 11.2 Å². The summed E-state index contributed by atoms with van der Waals surface area (Å²) >= 11 is 0. The van der Waals surface area contributed by atoms with Gasteiger partial charge in [0.2, 0.25) is 5.91 Å². The van der Waals surface area contributed by atoms with E-state index in [2.05, 4.69) is 4.72 Å². The minimum atomic E-state index is -3.96. The maximum Gasteiger partial charge on any atom is 0.264 e. The van der Waals surface area contributed by atoms with Crippen LogP contribution in [0.15, 0.2) is 45.9 Å². The average molecular weight is 349 g/mol. The number of carbonyl (C=O) groups excluding carboxylic acids is 1. The zero-order valence-corrected chi connectivity index (χ0v) is 13.4. The molecule has 24 heavy (non-hydrogen) atoms. The van der Waals surface area contributed by atoms with Gasteiger partial charge in [0.1, 0.15) is 19.0 Å². The van der Waals surface area contributed by atoms with Crippen molar-refractivity contribution in [1.82, 2.24) is 4.72 Å². The number of amides is 1. The van der Waals surface area contributed by atoms with Crippen molar-refractivity contribution in [2.45, 2.75) is 17.2 Å². The van der Waals surface area contributed by atoms with Crippen LogP contribution < -0.4 is 14.2 Å². The number of ether oxygens (including phenoxy) is 2. The molecular weight excluding hydrogens is 334 g/mol. The van der Waals surface area contributed by atoms with Crippen LogP contribution in [-0.2, 0) is 14.8 Å². The van der Waals surface area contributed by atoms with Crippen molar-refractivity contribution >= 4 is 15.9 Å². The maximum absolute atomic E-state index is 12.4. The number of benzene rings is 1. The highest BCUT2D eigenvalue weighted by Gasteiger charge is 2.47. The molecule has 0 spiro atoms. The van der Waals surface area contributed by atoms with Crippen LogP contribution in [0.3, 0.4) is 0 Å². The standard InChI is InChI=1S/C16H15NO6S/c18-16(12-9-11(12)13-2-1-5-21-13)17-24(19,20)10-3-4-14-15(8-10)23-7-6-22-14/h1-5,8,11-12H,6-7,9H2,(H,17,18). The molecule has 2 atom stereocenters. The second kappa shape index (κ2) is 5.55. The molecule has 7 nitrogen and oxygen atoms in total. The molecule has 2 unspecified atom stereocenters. The van der Waals surface area contributed by atoms with Crippen molar-refractivity contribution in [2.24, 2.45) is 5.92 Å². The fraction of sp³-hybridized carbons (Fsp3) is 0.312. The summed E-state index contributed by atoms with van der Waals surface area (Å²) in [6, 6.07) is 7.80. The third-order valence-corrected chi connectivity index (χ3v) is 5.44. The van der Waals surface area contributed by atoms with Crippen molar-refractivity contribution < 1.29 is 27.1 Å². The molecule has 1 saturated carbocycles. The molecule has 1 aliphatic heterocycles. The first kappa shape index (κ1) is 15.1. The van der Waals surface area contributed by atoms with E-state index in [0.717, 1.165) is 0 Å². The number of carbonyl (C=O) groups is 1. The molecule has 0 bridgehead atoms. The fourth-order valence-corrected chi connectivity index (χ4v) is 3.80. The molecular formula is C16H15NO6S. The molecule has 126 valence electrons. The topological polar surface area (TPSA) is 94.8 Å². The lowest BCUT2D eigenvalue weighted by Crippen LogP contribution is -2.32. The molecule has 2 aromatic rings. The number of hydrogen-bond donors (Lipinski definition) is 1. The number of nitrogens with one attached hydrogen (secondary N) is 1. The number of rotatable bonds is 4. The monoisotopic (exact) mass is 349 g/mol. The Morgan fingerprint density at radius 2 is 1.92 bits per heavy atom. The zero-order valence-electron chi connectivity index (χ0n) is 12.6. The summed E-state index contributed by atoms with van der Waals surface area (Å²) in [6.45, 7) is 0.779. The second-order valence-electron chi connectivity index (χ2n) is 5.74. The van der Waals surface area contributed by atoms with Crippen molar-refractivity contribution in [3.8, 4) is 11.5 Å². The number of hydrogen-bond acceptors (Lipinski definition) is 6. The molecule has 1 fully saturated rings. The van der Waals surface area contributed by atoms with Crippen molar-refractivity contribution in [3.05, 3.63) is 42.4 Å². The lowest BCUT2D eigenvalue weighted by molar-refractivity contribution is -0.120. The summed E-state index contributed by atoms with van der Waals surface area (Å²) in [6.07, 6.45) is 2.12. The summed E-state index contributed by atoms with van der Waals surface area (Å²) in [5.41, 5.74) is 0. The largest absolute Gasteiger partial charge is 0.486 e. The van der Waals surface area contributed by atoms with Crippen LogP contribution in [0, 0.1) is 5.92 Å². The molecule has 4 rings (SSSR count). The lowest BCUT2D eigenvalue weighted by atomic mass is 10.2. The van der Waals surface area contributed by atoms with Crippen LogP contribution in [0.1, 0.15) is 18.1 Å². The van der Waals surface area contributed by atoms with Gasteiger partial charge >= 0.3 is 0 Å². The lowest BCUT2D eigenvalue weighted by Gasteiger charge is -2.18. The molecule has 0 saturated heterocycles. The van der Waals surface area contributed by atoms with Gasteiger partial charge in [-0.05, 0) is 30.7 Å². The van der Waals surface area contributed by atoms with E-state index in [0.29, 0.717) is 36.9 Å². The van der Waals surface area contributed by atoms with Gasteiger partial charge in [-0.15, -0.1) is 0 Å². The third kappa shape index (κ3) is 2.73. The molecule has 1 N–H and O–H groups in total. The summed E-state index contributed by atoms with van der Waals surface area (Å²) in [4.78, 5) is 12.2. The van der Waals surface area contributed by atoms with E-state index in [1.807, 2.05) is 0 Å². The van der Waals surface area contributed by atoms with E-state index >= 15 is 0 Å². The van der Waals surface area contributed by atoms with Gasteiger partial charge in [0.25, 0.3) is 10.0 Å². The van der Waals surface area contributed by atoms with Crippen LogP contribution in [-0.4, -0.2) is 27.5 Å². The maximum atomic E-state index is 12.4. The molecule has 2 heterocycles. The third-order valence-electron chi connectivity index (χ3n) is 4.09. The first-order valence-electron chi connectivity index (χ1n) is 7.54. The summed E-state index contributed by atoms with van der Waals surface area (Å²) in [7, 11) is -3.96. The van der Waals surface area contributed by atoms with E-state index in [1.165, 1.54) is 24.5 Å². The number of sulfonamides is 1. The van der Waals surface area contributed by atoms with Gasteiger partial charge < -0.3 is 13.9 Å². The molecule has 8 heteroatoms. The highest BCUT2D eigenvalue weighted by molar-refractivity contribution is 7.90. The van der Waals surface area contributed by atoms with Crippen molar-refractivity contribution in [2.75, 3.05) is 13.2 Å². The van der Waals surface area contributed by atoms with E-state index in [1.54, 1.807) is 12.1 Å². The first-order chi connectivity index (χ1) is 11.5. The number of fused-ring (bicyclic) bond motifs is 1. The SMILES string of the molecule is O=C(NS(=O)(=O)c1ccc2c(c1)OCCO2)C1CC1c1ccco1. The average Bonchev–Trinajstić information content (AvgIpc) is 3.20. The van der Waals surface area contributed by atoms with Gasteiger partial charge in [0, 0.05) is 17.9 Å². The smallest absolute Gasteiger partial charge is 0.264 e. The van der Waals surface area contributed by atoms with E-state index in [4.69, 9.17) is 13.9 Å². The fourth-order valence-electron chi connectivity index (χ4n) is 2.76. The quantitative estimate of drug-likeness (QED) is 0.902. The predicted octanol–water partition coefficient (Wildman–Crippen LogP) is 1.66. The van der Waals surface area contributed by atoms with Gasteiger partial charge in [0.15, 0.2) is 11.5 Å². The van der Waals surface area contributed by atoms with Gasteiger partial charge in [-0.2, -0.15) is 0 Å². The normalized spacial score (nSPS) is 22.0. The van der Waals surface area contributed by atoms with Crippen LogP contribution in [0.4, 0.5) is 0 Å². The molecule has 1 aromatic heterocycles. The Balaban J connectivity index is 1.48. The Labute approximate surface area is 138 Å². The Morgan fingerprint density at radius 1 is 1.12 bits per heavy atom. The molecule has 1 aliphatic carbocycles. The Kier molecular flexibility index (Phi) is 3.49. The van der Waals surface area contributed by atoms with E-state index < -0.39 is 15.9 Å². The molecule has 1 amide bonds. The van der Waals surface area contributed by atoms with Crippen molar-refractivity contribution in [3.63, 3.8) is 0 Å². The number of furan rings is 1. The van der Waals surface area contributed by atoms with Crippen molar-refractivity contribution in [1.29, 1.82) is 0 Å². The van der Waals surface area contributed by atoms with Crippen LogP contribution in [0.25, 0.3) is 0 Å². The minimum absolute atomic E-state index is 0.0321. The summed E-state index contributed by atoms with van der Waals surface area (Å²) in [5, 5.41) is 0. The summed E-state index contributed by atoms with van der Waals surface area (Å²) < 4.78 is 42.9. The van der Waals surface area contributed by atoms with Gasteiger partial charge in [-0.25, -0.2) is 13.1 Å². The van der Waals surface area contributed by atoms with E-state index in [9.17, 15) is 13.2 Å². The van der Waals surface area contributed by atoms with Crippen LogP contribution in [0.5, 0.6) is 11.5 Å². The highest BCUT2D eigenvalue weighted by Crippen LogP contribution is 2.47. The highest BCUT2D eigenvalue weighted by atomic mass is 32.2. The Morgan fingerprint density at radius 3 is 2.67 bits per heavy atom. The molecule has 2 aliphatic rings. The zero-order chi connectivity index (χ0) is 16.7. The van der Waals surface area contributed by atoms with E-state index in [-0.39, 0.29) is 16.7 Å². The first-order valence-corrected chi connectivity index (χ1v) is 9.02. The Bertz CT molecular complexity index is 874. The van der Waals surface area contributed by atoms with Gasteiger partial charge in [-0.1, -0.05) is 0 Å². The minimum Gasteiger partial charge on any atom is -0.486 e. The molecule has 0 radical (unpaired) electrons. The summed E-state index contributed by atoms with van der Waals surface area (Å²) in [5.74, 6) is 0.583. The van der Waals surface area contributed by atoms with Crippen LogP contribution in [0.2, 0.25) is 0 Å².